The smallest absolute Gasteiger partial charge is 0.306 e. The average Bonchev–Trinajstić information content (AvgIpc) is 2.04. The van der Waals surface area contributed by atoms with E-state index in [-0.39, 0.29) is 6.03 Å². The maximum Gasteiger partial charge on any atom is 0.329 e. The van der Waals surface area contributed by atoms with Gasteiger partial charge in [-0.05, 0) is 24.1 Å². The number of nitrogens with one attached hydrogen (secondary N) is 2. The quantitative estimate of drug-likeness (QED) is 0.577. The summed E-state index contributed by atoms with van der Waals surface area (Å²) in [5.41, 5.74) is 0.876. The van der Waals surface area contributed by atoms with Gasteiger partial charge in [0.05, 0.1) is 10.6 Å². The van der Waals surface area contributed by atoms with Crippen molar-refractivity contribution in [3.05, 3.63) is 24.3 Å². The van der Waals surface area contributed by atoms with Gasteiger partial charge in [0.2, 0.25) is 0 Å². The molecular formula is C7H6N2OS. The van der Waals surface area contributed by atoms with Gasteiger partial charge in [0.1, 0.15) is 0 Å². The summed E-state index contributed by atoms with van der Waals surface area (Å²) >= 11 is 1.33. The average molecular weight is 166 g/mol. The third kappa shape index (κ3) is 1.17. The minimum Gasteiger partial charge on any atom is -0.306 e. The highest BCUT2D eigenvalue weighted by molar-refractivity contribution is 7.98. The summed E-state index contributed by atoms with van der Waals surface area (Å²) in [5, 5.41) is 2.69. The highest BCUT2D eigenvalue weighted by atomic mass is 32.2. The fourth-order valence-electron chi connectivity index (χ4n) is 0.908. The van der Waals surface area contributed by atoms with Crippen LogP contribution in [0.1, 0.15) is 0 Å². The molecule has 11 heavy (non-hydrogen) atoms. The van der Waals surface area contributed by atoms with Gasteiger partial charge in [0.25, 0.3) is 0 Å². The van der Waals surface area contributed by atoms with Crippen LogP contribution in [0.2, 0.25) is 0 Å². The Morgan fingerprint density at radius 2 is 2.09 bits per heavy atom. The number of amides is 2. The standard InChI is InChI=1S/C7H6N2OS/c10-7-8-5-3-1-2-4-6(5)11-9-7/h1-4H,(H2,8,9,10). The van der Waals surface area contributed by atoms with Crippen molar-refractivity contribution in [2.45, 2.75) is 4.90 Å². The molecule has 1 aromatic rings. The van der Waals surface area contributed by atoms with Gasteiger partial charge in [-0.15, -0.1) is 0 Å². The largest absolute Gasteiger partial charge is 0.329 e. The Hall–Kier alpha value is -1.16. The summed E-state index contributed by atoms with van der Waals surface area (Å²) in [6.07, 6.45) is 0. The lowest BCUT2D eigenvalue weighted by atomic mass is 10.3. The van der Waals surface area contributed by atoms with E-state index < -0.39 is 0 Å². The normalized spacial score (nSPS) is 14.7. The van der Waals surface area contributed by atoms with Crippen LogP contribution in [0.25, 0.3) is 0 Å². The topological polar surface area (TPSA) is 41.1 Å². The number of anilines is 1. The van der Waals surface area contributed by atoms with E-state index in [2.05, 4.69) is 10.0 Å². The minimum absolute atomic E-state index is 0.159. The molecule has 0 fully saturated rings. The highest BCUT2D eigenvalue weighted by Crippen LogP contribution is 2.27. The van der Waals surface area contributed by atoms with E-state index in [1.165, 1.54) is 11.9 Å². The summed E-state index contributed by atoms with van der Waals surface area (Å²) in [5.74, 6) is 0. The van der Waals surface area contributed by atoms with Crippen LogP contribution >= 0.6 is 11.9 Å². The molecule has 0 atom stereocenters. The van der Waals surface area contributed by atoms with Crippen molar-refractivity contribution in [3.63, 3.8) is 0 Å². The monoisotopic (exact) mass is 166 g/mol. The molecule has 1 aromatic carbocycles. The van der Waals surface area contributed by atoms with Gasteiger partial charge in [-0.3, -0.25) is 4.72 Å². The SMILES string of the molecule is O=C1NSc2ccccc2N1. The molecule has 1 aliphatic heterocycles. The first-order chi connectivity index (χ1) is 5.36. The molecule has 0 aromatic heterocycles. The number of hydrogen-bond donors (Lipinski definition) is 2. The molecule has 3 nitrogen and oxygen atoms in total. The lowest BCUT2D eigenvalue weighted by Crippen LogP contribution is -2.26. The summed E-state index contributed by atoms with van der Waals surface area (Å²) in [6, 6.07) is 7.50. The van der Waals surface area contributed by atoms with Crippen LogP contribution in [-0.4, -0.2) is 6.03 Å². The maximum atomic E-state index is 10.8. The van der Waals surface area contributed by atoms with Gasteiger partial charge in [0.15, 0.2) is 0 Å². The number of hydrogen-bond acceptors (Lipinski definition) is 2. The first-order valence-electron chi connectivity index (χ1n) is 3.19. The first-order valence-corrected chi connectivity index (χ1v) is 4.01. The van der Waals surface area contributed by atoms with Crippen LogP contribution in [0.4, 0.5) is 10.5 Å². The predicted molar refractivity (Wildman–Crippen MR) is 44.5 cm³/mol. The van der Waals surface area contributed by atoms with E-state index in [4.69, 9.17) is 0 Å². The molecule has 0 aliphatic carbocycles. The molecule has 0 bridgehead atoms. The van der Waals surface area contributed by atoms with Crippen molar-refractivity contribution in [1.82, 2.24) is 4.72 Å². The minimum atomic E-state index is -0.159. The zero-order chi connectivity index (χ0) is 7.68. The van der Waals surface area contributed by atoms with Crippen LogP contribution in [0, 0.1) is 0 Å². The Morgan fingerprint density at radius 3 is 3.00 bits per heavy atom. The molecule has 0 radical (unpaired) electrons. The Morgan fingerprint density at radius 1 is 1.27 bits per heavy atom. The van der Waals surface area contributed by atoms with E-state index in [1.807, 2.05) is 24.3 Å². The summed E-state index contributed by atoms with van der Waals surface area (Å²) < 4.78 is 2.60. The highest BCUT2D eigenvalue weighted by Gasteiger charge is 2.12. The second-order valence-corrected chi connectivity index (χ2v) is 3.00. The van der Waals surface area contributed by atoms with Crippen molar-refractivity contribution in [2.24, 2.45) is 0 Å². The number of para-hydroxylation sites is 1. The molecule has 1 heterocycles. The number of rotatable bonds is 0. The summed E-state index contributed by atoms with van der Waals surface area (Å²) in [7, 11) is 0. The van der Waals surface area contributed by atoms with Gasteiger partial charge in [-0.2, -0.15) is 0 Å². The van der Waals surface area contributed by atoms with E-state index >= 15 is 0 Å². The Kier molecular flexibility index (Phi) is 1.47. The fraction of sp³-hybridized carbons (Fsp3) is 0. The Labute approximate surface area is 68.3 Å². The third-order valence-electron chi connectivity index (χ3n) is 1.39. The van der Waals surface area contributed by atoms with Crippen molar-refractivity contribution < 1.29 is 4.79 Å². The van der Waals surface area contributed by atoms with E-state index in [9.17, 15) is 4.79 Å². The van der Waals surface area contributed by atoms with Crippen molar-refractivity contribution in [1.29, 1.82) is 0 Å². The van der Waals surface area contributed by atoms with E-state index in [0.29, 0.717) is 0 Å². The van der Waals surface area contributed by atoms with Crippen LogP contribution in [0.15, 0.2) is 29.2 Å². The fourth-order valence-corrected chi connectivity index (χ4v) is 1.54. The van der Waals surface area contributed by atoms with Gasteiger partial charge in [-0.1, -0.05) is 12.1 Å². The molecule has 1 aliphatic rings. The van der Waals surface area contributed by atoms with Gasteiger partial charge >= 0.3 is 6.03 Å². The number of benzene rings is 1. The molecule has 0 spiro atoms. The van der Waals surface area contributed by atoms with Gasteiger partial charge in [0, 0.05) is 0 Å². The molecular weight excluding hydrogens is 160 g/mol. The number of fused-ring (bicyclic) bond motifs is 1. The van der Waals surface area contributed by atoms with Crippen LogP contribution in [-0.2, 0) is 0 Å². The molecule has 2 rings (SSSR count). The van der Waals surface area contributed by atoms with Crippen molar-refractivity contribution in [2.75, 3.05) is 5.32 Å². The van der Waals surface area contributed by atoms with Crippen LogP contribution in [0.5, 0.6) is 0 Å². The molecule has 4 heteroatoms. The number of carbonyl (C=O) groups excluding carboxylic acids is 1. The Bertz CT molecular complexity index is 300. The number of carbonyl (C=O) groups is 1. The molecule has 0 saturated carbocycles. The lowest BCUT2D eigenvalue weighted by Gasteiger charge is -2.15. The van der Waals surface area contributed by atoms with Crippen LogP contribution in [0.3, 0.4) is 0 Å². The zero-order valence-corrected chi connectivity index (χ0v) is 6.44. The zero-order valence-electron chi connectivity index (χ0n) is 5.63. The second kappa shape index (κ2) is 2.47. The van der Waals surface area contributed by atoms with E-state index in [1.54, 1.807) is 0 Å². The second-order valence-electron chi connectivity index (χ2n) is 2.15. The Balaban J connectivity index is 2.41. The van der Waals surface area contributed by atoms with E-state index in [0.717, 1.165) is 10.6 Å². The summed E-state index contributed by atoms with van der Waals surface area (Å²) in [4.78, 5) is 11.8. The predicted octanol–water partition coefficient (Wildman–Crippen LogP) is 1.83. The summed E-state index contributed by atoms with van der Waals surface area (Å²) in [6.45, 7) is 0. The molecule has 2 N–H and O–H groups in total. The lowest BCUT2D eigenvalue weighted by molar-refractivity contribution is 0.257. The number of urea groups is 1. The van der Waals surface area contributed by atoms with Gasteiger partial charge in [-0.25, -0.2) is 4.79 Å². The molecule has 0 saturated heterocycles. The first kappa shape index (κ1) is 6.54. The van der Waals surface area contributed by atoms with Gasteiger partial charge < -0.3 is 5.32 Å². The van der Waals surface area contributed by atoms with Crippen molar-refractivity contribution in [3.8, 4) is 0 Å². The maximum absolute atomic E-state index is 10.8. The molecule has 0 unspecified atom stereocenters. The molecule has 2 amide bonds. The molecule has 56 valence electrons. The van der Waals surface area contributed by atoms with Crippen LogP contribution < -0.4 is 10.0 Å². The third-order valence-corrected chi connectivity index (χ3v) is 2.25. The van der Waals surface area contributed by atoms with Crippen molar-refractivity contribution >= 4 is 23.7 Å².